The molecule has 0 saturated heterocycles. The molecule has 2 heterocycles. The molecule has 1 atom stereocenters. The van der Waals surface area contributed by atoms with Gasteiger partial charge in [0.1, 0.15) is 5.82 Å². The number of aromatic nitrogens is 3. The van der Waals surface area contributed by atoms with Crippen molar-refractivity contribution in [2.45, 2.75) is 71.8 Å². The van der Waals surface area contributed by atoms with E-state index in [0.29, 0.717) is 17.0 Å². The van der Waals surface area contributed by atoms with Crippen LogP contribution in [-0.2, 0) is 0 Å². The van der Waals surface area contributed by atoms with Gasteiger partial charge in [-0.25, -0.2) is 4.98 Å². The molecule has 1 N–H and O–H groups in total. The van der Waals surface area contributed by atoms with E-state index in [1.165, 1.54) is 12.0 Å². The second kappa shape index (κ2) is 13.6. The maximum atomic E-state index is 6.39. The molecule has 0 aliphatic rings. The fraction of sp³-hybridized carbons (Fsp3) is 0.379. The predicted molar refractivity (Wildman–Crippen MR) is 154 cm³/mol. The first-order valence-corrected chi connectivity index (χ1v) is 13.8. The van der Waals surface area contributed by atoms with Crippen LogP contribution in [0.25, 0.3) is 16.9 Å². The zero-order chi connectivity index (χ0) is 25.2. The SMILES string of the molecule is CCC(C)c1ccccc1.CCCC(CCC)Nc1cc(-c2ccccc2Cl)nc2c(Br)cnn12. The molecule has 0 bridgehead atoms. The molecule has 2 aromatic heterocycles. The van der Waals surface area contributed by atoms with Gasteiger partial charge < -0.3 is 5.32 Å². The molecule has 4 rings (SSSR count). The summed E-state index contributed by atoms with van der Waals surface area (Å²) in [5.74, 6) is 1.65. The quantitative estimate of drug-likeness (QED) is 0.224. The summed E-state index contributed by atoms with van der Waals surface area (Å²) in [5, 5.41) is 8.82. The van der Waals surface area contributed by atoms with Crippen molar-refractivity contribution in [1.82, 2.24) is 14.6 Å². The Morgan fingerprint density at radius 2 is 1.63 bits per heavy atom. The highest BCUT2D eigenvalue weighted by atomic mass is 79.9. The normalized spacial score (nSPS) is 11.9. The number of rotatable bonds is 9. The first kappa shape index (κ1) is 27.2. The maximum Gasteiger partial charge on any atom is 0.172 e. The van der Waals surface area contributed by atoms with E-state index in [2.05, 4.69) is 84.4 Å². The Morgan fingerprint density at radius 3 is 2.26 bits per heavy atom. The highest BCUT2D eigenvalue weighted by molar-refractivity contribution is 9.10. The maximum absolute atomic E-state index is 6.39. The Kier molecular flexibility index (Phi) is 10.6. The zero-order valence-electron chi connectivity index (χ0n) is 21.1. The summed E-state index contributed by atoms with van der Waals surface area (Å²) in [6.45, 7) is 8.91. The van der Waals surface area contributed by atoms with Crippen LogP contribution in [0.3, 0.4) is 0 Å². The largest absolute Gasteiger partial charge is 0.367 e. The Hall–Kier alpha value is -2.37. The van der Waals surface area contributed by atoms with Crippen molar-refractivity contribution in [1.29, 1.82) is 0 Å². The van der Waals surface area contributed by atoms with Crippen LogP contribution in [0.2, 0.25) is 5.02 Å². The minimum absolute atomic E-state index is 0.419. The van der Waals surface area contributed by atoms with Crippen molar-refractivity contribution >= 4 is 39.0 Å². The number of fused-ring (bicyclic) bond motifs is 1. The molecule has 35 heavy (non-hydrogen) atoms. The van der Waals surface area contributed by atoms with Crippen LogP contribution in [0.5, 0.6) is 0 Å². The van der Waals surface area contributed by atoms with E-state index in [1.807, 2.05) is 34.8 Å². The highest BCUT2D eigenvalue weighted by Gasteiger charge is 2.15. The molecular weight excluding hydrogens is 520 g/mol. The van der Waals surface area contributed by atoms with Gasteiger partial charge >= 0.3 is 0 Å². The summed E-state index contributed by atoms with van der Waals surface area (Å²) in [6.07, 6.45) is 7.55. The van der Waals surface area contributed by atoms with Gasteiger partial charge in [0, 0.05) is 22.7 Å². The van der Waals surface area contributed by atoms with Gasteiger partial charge in [0.15, 0.2) is 5.65 Å². The molecule has 0 saturated carbocycles. The minimum atomic E-state index is 0.419. The molecule has 6 heteroatoms. The van der Waals surface area contributed by atoms with Crippen molar-refractivity contribution in [3.63, 3.8) is 0 Å². The number of anilines is 1. The van der Waals surface area contributed by atoms with Gasteiger partial charge in [0.25, 0.3) is 0 Å². The smallest absolute Gasteiger partial charge is 0.172 e. The summed E-state index contributed by atoms with van der Waals surface area (Å²) in [7, 11) is 0. The molecule has 0 aliphatic carbocycles. The third kappa shape index (κ3) is 7.31. The summed E-state index contributed by atoms with van der Waals surface area (Å²) >= 11 is 9.93. The van der Waals surface area contributed by atoms with E-state index in [0.717, 1.165) is 52.9 Å². The standard InChI is InChI=1S/C19H22BrClN4.C10H14/c1-3-7-13(8-4-2)23-18-11-17(14-9-5-6-10-16(14)21)24-19-15(20)12-22-25(18)19;1-3-9(2)10-7-5-4-6-8-10/h5-6,9-13,23H,3-4,7-8H2,1-2H3;4-9H,3H2,1-2H3. The van der Waals surface area contributed by atoms with Gasteiger partial charge in [0.05, 0.1) is 16.4 Å². The number of halogens is 2. The third-order valence-electron chi connectivity index (χ3n) is 6.19. The van der Waals surface area contributed by atoms with Crippen LogP contribution in [0.15, 0.2) is 71.3 Å². The molecule has 0 radical (unpaired) electrons. The minimum Gasteiger partial charge on any atom is -0.367 e. The Morgan fingerprint density at radius 1 is 0.971 bits per heavy atom. The van der Waals surface area contributed by atoms with Crippen LogP contribution in [0.4, 0.5) is 5.82 Å². The molecular formula is C29H36BrClN4. The zero-order valence-corrected chi connectivity index (χ0v) is 23.5. The van der Waals surface area contributed by atoms with Crippen LogP contribution in [0, 0.1) is 0 Å². The van der Waals surface area contributed by atoms with Crippen LogP contribution < -0.4 is 5.32 Å². The highest BCUT2D eigenvalue weighted by Crippen LogP contribution is 2.31. The van der Waals surface area contributed by atoms with Crippen molar-refractivity contribution < 1.29 is 0 Å². The number of nitrogens with zero attached hydrogens (tertiary/aromatic N) is 3. The molecule has 2 aromatic carbocycles. The van der Waals surface area contributed by atoms with Crippen LogP contribution in [-0.4, -0.2) is 20.6 Å². The van der Waals surface area contributed by atoms with E-state index in [1.54, 1.807) is 6.20 Å². The van der Waals surface area contributed by atoms with Gasteiger partial charge in [-0.2, -0.15) is 9.61 Å². The summed E-state index contributed by atoms with van der Waals surface area (Å²) in [4.78, 5) is 4.75. The van der Waals surface area contributed by atoms with E-state index in [9.17, 15) is 0 Å². The van der Waals surface area contributed by atoms with E-state index < -0.39 is 0 Å². The first-order valence-electron chi connectivity index (χ1n) is 12.6. The molecule has 0 fully saturated rings. The van der Waals surface area contributed by atoms with Gasteiger partial charge in [0.2, 0.25) is 0 Å². The predicted octanol–water partition coefficient (Wildman–Crippen LogP) is 9.39. The first-order chi connectivity index (χ1) is 17.0. The molecule has 0 amide bonds. The summed E-state index contributed by atoms with van der Waals surface area (Å²) < 4.78 is 2.72. The lowest BCUT2D eigenvalue weighted by atomic mass is 9.99. The van der Waals surface area contributed by atoms with E-state index >= 15 is 0 Å². The number of hydrogen-bond acceptors (Lipinski definition) is 3. The van der Waals surface area contributed by atoms with Gasteiger partial charge in [-0.1, -0.05) is 101 Å². The fourth-order valence-corrected chi connectivity index (χ4v) is 4.64. The van der Waals surface area contributed by atoms with Crippen molar-refractivity contribution in [3.8, 4) is 11.3 Å². The molecule has 4 nitrogen and oxygen atoms in total. The van der Waals surface area contributed by atoms with Gasteiger partial charge in [-0.15, -0.1) is 0 Å². The Balaban J connectivity index is 0.000000287. The van der Waals surface area contributed by atoms with E-state index in [4.69, 9.17) is 16.6 Å². The van der Waals surface area contributed by atoms with Crippen LogP contribution >= 0.6 is 27.5 Å². The number of hydrogen-bond donors (Lipinski definition) is 1. The van der Waals surface area contributed by atoms with Crippen molar-refractivity contribution in [2.24, 2.45) is 0 Å². The van der Waals surface area contributed by atoms with Crippen molar-refractivity contribution in [3.05, 3.63) is 81.9 Å². The monoisotopic (exact) mass is 554 g/mol. The Bertz CT molecular complexity index is 1190. The lowest BCUT2D eigenvalue weighted by Gasteiger charge is -2.20. The number of nitrogens with one attached hydrogen (secondary N) is 1. The molecule has 1 unspecified atom stereocenters. The molecule has 0 aliphatic heterocycles. The second-order valence-corrected chi connectivity index (χ2v) is 10.1. The Labute approximate surface area is 223 Å². The molecule has 0 spiro atoms. The van der Waals surface area contributed by atoms with E-state index in [-0.39, 0.29) is 0 Å². The third-order valence-corrected chi connectivity index (χ3v) is 7.07. The van der Waals surface area contributed by atoms with Gasteiger partial charge in [-0.3, -0.25) is 0 Å². The lowest BCUT2D eigenvalue weighted by Crippen LogP contribution is -2.21. The van der Waals surface area contributed by atoms with Crippen molar-refractivity contribution in [2.75, 3.05) is 5.32 Å². The average Bonchev–Trinajstić information content (AvgIpc) is 3.26. The topological polar surface area (TPSA) is 42.2 Å². The lowest BCUT2D eigenvalue weighted by molar-refractivity contribution is 0.582. The second-order valence-electron chi connectivity index (χ2n) is 8.87. The van der Waals surface area contributed by atoms with Crippen LogP contribution in [0.1, 0.15) is 71.3 Å². The average molecular weight is 556 g/mol. The fourth-order valence-electron chi connectivity index (χ4n) is 4.06. The molecule has 4 aromatic rings. The summed E-state index contributed by atoms with van der Waals surface area (Å²) in [5.41, 5.74) is 4.00. The number of benzene rings is 2. The summed E-state index contributed by atoms with van der Waals surface area (Å²) in [6, 6.07) is 20.9. The molecule has 186 valence electrons. The van der Waals surface area contributed by atoms with Gasteiger partial charge in [-0.05, 0) is 52.7 Å².